The van der Waals surface area contributed by atoms with Gasteiger partial charge in [-0.3, -0.25) is 9.59 Å². The second-order valence-electron chi connectivity index (χ2n) is 4.21. The van der Waals surface area contributed by atoms with Gasteiger partial charge in [-0.25, -0.2) is 0 Å². The zero-order valence-electron chi connectivity index (χ0n) is 11.4. The molecule has 0 heterocycles. The first-order chi connectivity index (χ1) is 9.65. The van der Waals surface area contributed by atoms with Crippen molar-refractivity contribution in [3.63, 3.8) is 0 Å². The van der Waals surface area contributed by atoms with Crippen LogP contribution >= 0.6 is 0 Å². The largest absolute Gasteiger partial charge is 0.375 e. The summed E-state index contributed by atoms with van der Waals surface area (Å²) in [6.45, 7) is 1.02. The van der Waals surface area contributed by atoms with E-state index in [1.807, 2.05) is 37.4 Å². The molecule has 106 valence electrons. The lowest BCUT2D eigenvalue weighted by atomic mass is 10.3. The van der Waals surface area contributed by atoms with Crippen molar-refractivity contribution in [3.05, 3.63) is 30.3 Å². The van der Waals surface area contributed by atoms with E-state index in [4.69, 9.17) is 5.26 Å². The van der Waals surface area contributed by atoms with E-state index in [0.717, 1.165) is 18.7 Å². The Morgan fingerprint density at radius 2 is 1.85 bits per heavy atom. The topological polar surface area (TPSA) is 85.2 Å². The van der Waals surface area contributed by atoms with Crippen molar-refractivity contribution in [1.29, 1.82) is 5.26 Å². The number of hydrogen-bond donors (Lipinski definition) is 2. The number of nitrogens with zero attached hydrogens (tertiary/aromatic N) is 2. The minimum Gasteiger partial charge on any atom is -0.375 e. The number of carbonyl (C=O) groups excluding carboxylic acids is 2. The number of amides is 2. The molecule has 0 aliphatic rings. The zero-order chi connectivity index (χ0) is 14.8. The Bertz CT molecular complexity index is 482. The van der Waals surface area contributed by atoms with Gasteiger partial charge in [0.25, 0.3) is 0 Å². The molecule has 0 bridgehead atoms. The van der Waals surface area contributed by atoms with Crippen molar-refractivity contribution in [2.24, 2.45) is 0 Å². The predicted molar refractivity (Wildman–Crippen MR) is 76.0 cm³/mol. The van der Waals surface area contributed by atoms with Crippen LogP contribution < -0.4 is 15.5 Å². The van der Waals surface area contributed by atoms with E-state index < -0.39 is 11.8 Å². The fourth-order valence-electron chi connectivity index (χ4n) is 1.61. The molecule has 0 aliphatic heterocycles. The van der Waals surface area contributed by atoms with Crippen LogP contribution in [0.3, 0.4) is 0 Å². The molecular weight excluding hydrogens is 256 g/mol. The van der Waals surface area contributed by atoms with E-state index in [2.05, 4.69) is 15.5 Å². The van der Waals surface area contributed by atoms with E-state index in [-0.39, 0.29) is 6.54 Å². The Balaban J connectivity index is 2.20. The SMILES string of the molecule is CN(CCCNC(=O)C(=O)NCC#N)c1ccccc1. The molecule has 0 aliphatic carbocycles. The minimum atomic E-state index is -0.775. The number of para-hydroxylation sites is 1. The smallest absolute Gasteiger partial charge is 0.310 e. The van der Waals surface area contributed by atoms with Crippen molar-refractivity contribution < 1.29 is 9.59 Å². The number of carbonyl (C=O) groups is 2. The fraction of sp³-hybridized carbons (Fsp3) is 0.357. The van der Waals surface area contributed by atoms with Crippen molar-refractivity contribution in [1.82, 2.24) is 10.6 Å². The van der Waals surface area contributed by atoms with Crippen LogP contribution in [-0.2, 0) is 9.59 Å². The van der Waals surface area contributed by atoms with Gasteiger partial charge in [0.1, 0.15) is 6.54 Å². The third kappa shape index (κ3) is 5.40. The molecule has 1 aromatic carbocycles. The van der Waals surface area contributed by atoms with Gasteiger partial charge in [0.15, 0.2) is 0 Å². The molecule has 20 heavy (non-hydrogen) atoms. The lowest BCUT2D eigenvalue weighted by Gasteiger charge is -2.19. The van der Waals surface area contributed by atoms with Gasteiger partial charge in [0.05, 0.1) is 6.07 Å². The van der Waals surface area contributed by atoms with Crippen LogP contribution in [-0.4, -0.2) is 38.5 Å². The molecule has 0 saturated heterocycles. The van der Waals surface area contributed by atoms with E-state index >= 15 is 0 Å². The van der Waals surface area contributed by atoms with Gasteiger partial charge < -0.3 is 15.5 Å². The van der Waals surface area contributed by atoms with Crippen LogP contribution in [0.2, 0.25) is 0 Å². The summed E-state index contributed by atoms with van der Waals surface area (Å²) >= 11 is 0. The number of benzene rings is 1. The minimum absolute atomic E-state index is 0.164. The van der Waals surface area contributed by atoms with Gasteiger partial charge in [-0.15, -0.1) is 0 Å². The van der Waals surface area contributed by atoms with E-state index in [1.165, 1.54) is 0 Å². The molecule has 2 N–H and O–H groups in total. The molecule has 0 aromatic heterocycles. The summed E-state index contributed by atoms with van der Waals surface area (Å²) in [5.74, 6) is -1.48. The maximum atomic E-state index is 11.3. The highest BCUT2D eigenvalue weighted by Gasteiger charge is 2.11. The number of nitriles is 1. The van der Waals surface area contributed by atoms with Crippen LogP contribution in [0.1, 0.15) is 6.42 Å². The number of nitrogens with one attached hydrogen (secondary N) is 2. The first-order valence-electron chi connectivity index (χ1n) is 6.34. The highest BCUT2D eigenvalue weighted by Crippen LogP contribution is 2.10. The predicted octanol–water partition coefficient (Wildman–Crippen LogP) is 0.269. The Labute approximate surface area is 118 Å². The van der Waals surface area contributed by atoms with E-state index in [0.29, 0.717) is 6.54 Å². The van der Waals surface area contributed by atoms with Gasteiger partial charge in [0, 0.05) is 25.8 Å². The summed E-state index contributed by atoms with van der Waals surface area (Å²) in [4.78, 5) is 24.6. The Morgan fingerprint density at radius 1 is 1.20 bits per heavy atom. The normalized spacial score (nSPS) is 9.40. The third-order valence-electron chi connectivity index (χ3n) is 2.69. The lowest BCUT2D eigenvalue weighted by molar-refractivity contribution is -0.139. The molecule has 0 atom stereocenters. The lowest BCUT2D eigenvalue weighted by Crippen LogP contribution is -2.40. The Hall–Kier alpha value is -2.55. The van der Waals surface area contributed by atoms with Crippen molar-refractivity contribution in [2.45, 2.75) is 6.42 Å². The second-order valence-corrected chi connectivity index (χ2v) is 4.21. The van der Waals surface area contributed by atoms with Crippen molar-refractivity contribution >= 4 is 17.5 Å². The van der Waals surface area contributed by atoms with Gasteiger partial charge in [-0.1, -0.05) is 18.2 Å². The summed E-state index contributed by atoms with van der Waals surface area (Å²) in [6, 6.07) is 11.6. The molecule has 6 nitrogen and oxygen atoms in total. The van der Waals surface area contributed by atoms with E-state index in [1.54, 1.807) is 6.07 Å². The van der Waals surface area contributed by atoms with Crippen molar-refractivity contribution in [2.75, 3.05) is 31.6 Å². The summed E-state index contributed by atoms with van der Waals surface area (Å²) in [5, 5.41) is 13.0. The molecule has 0 fully saturated rings. The molecule has 0 spiro atoms. The van der Waals surface area contributed by atoms with Crippen LogP contribution in [0.5, 0.6) is 0 Å². The maximum Gasteiger partial charge on any atom is 0.310 e. The molecule has 1 aromatic rings. The Kier molecular flexibility index (Phi) is 6.62. The van der Waals surface area contributed by atoms with Gasteiger partial charge in [0.2, 0.25) is 0 Å². The zero-order valence-corrected chi connectivity index (χ0v) is 11.4. The summed E-state index contributed by atoms with van der Waals surface area (Å²) in [7, 11) is 1.97. The van der Waals surface area contributed by atoms with Crippen LogP contribution in [0.4, 0.5) is 5.69 Å². The van der Waals surface area contributed by atoms with Crippen LogP contribution in [0.25, 0.3) is 0 Å². The number of rotatable bonds is 6. The average molecular weight is 274 g/mol. The third-order valence-corrected chi connectivity index (χ3v) is 2.69. The Morgan fingerprint density at radius 3 is 2.50 bits per heavy atom. The first-order valence-corrected chi connectivity index (χ1v) is 6.34. The maximum absolute atomic E-state index is 11.3. The highest BCUT2D eigenvalue weighted by atomic mass is 16.2. The van der Waals surface area contributed by atoms with Crippen molar-refractivity contribution in [3.8, 4) is 6.07 Å². The average Bonchev–Trinajstić information content (AvgIpc) is 2.49. The molecular formula is C14H18N4O2. The standard InChI is InChI=1S/C14H18N4O2/c1-18(12-6-3-2-4-7-12)11-5-9-16-13(19)14(20)17-10-8-15/h2-4,6-7H,5,9-11H2,1H3,(H,16,19)(H,17,20). The monoisotopic (exact) mass is 274 g/mol. The van der Waals surface area contributed by atoms with Gasteiger partial charge in [-0.05, 0) is 18.6 Å². The highest BCUT2D eigenvalue weighted by molar-refractivity contribution is 6.35. The summed E-state index contributed by atoms with van der Waals surface area (Å²) in [5.41, 5.74) is 1.10. The number of anilines is 1. The molecule has 2 amide bonds. The van der Waals surface area contributed by atoms with E-state index in [9.17, 15) is 9.59 Å². The molecule has 0 unspecified atom stereocenters. The van der Waals surface area contributed by atoms with Gasteiger partial charge >= 0.3 is 11.8 Å². The molecule has 0 radical (unpaired) electrons. The molecule has 1 rings (SSSR count). The summed E-state index contributed by atoms with van der Waals surface area (Å²) in [6.07, 6.45) is 0.725. The quantitative estimate of drug-likeness (QED) is 0.443. The number of hydrogen-bond acceptors (Lipinski definition) is 4. The molecule has 6 heteroatoms. The second kappa shape index (κ2) is 8.53. The summed E-state index contributed by atoms with van der Waals surface area (Å²) < 4.78 is 0. The van der Waals surface area contributed by atoms with Crippen LogP contribution in [0.15, 0.2) is 30.3 Å². The fourth-order valence-corrected chi connectivity index (χ4v) is 1.61. The molecule has 0 saturated carbocycles. The first kappa shape index (κ1) is 15.5. The van der Waals surface area contributed by atoms with Crippen LogP contribution in [0, 0.1) is 11.3 Å². The van der Waals surface area contributed by atoms with Gasteiger partial charge in [-0.2, -0.15) is 5.26 Å².